The third-order valence-corrected chi connectivity index (χ3v) is 2.49. The number of carbonyl (C=O) groups is 1. The van der Waals surface area contributed by atoms with E-state index < -0.39 is 5.97 Å². The minimum absolute atomic E-state index is 0.246. The van der Waals surface area contributed by atoms with Gasteiger partial charge in [-0.3, -0.25) is 0 Å². The summed E-state index contributed by atoms with van der Waals surface area (Å²) in [5, 5.41) is 12.5. The molecule has 2 heterocycles. The smallest absolute Gasteiger partial charge is 0.352 e. The molecule has 0 amide bonds. The van der Waals surface area contributed by atoms with Gasteiger partial charge in [0, 0.05) is 15.8 Å². The summed E-state index contributed by atoms with van der Waals surface area (Å²) in [7, 11) is 0. The van der Waals surface area contributed by atoms with Crippen molar-refractivity contribution in [3.63, 3.8) is 0 Å². The third kappa shape index (κ3) is 2.20. The highest BCUT2D eigenvalue weighted by Gasteiger charge is 2.12. The van der Waals surface area contributed by atoms with Gasteiger partial charge in [-0.2, -0.15) is 0 Å². The molecule has 0 aliphatic rings. The number of hydrogen-bond donors (Lipinski definition) is 1. The first-order chi connectivity index (χ1) is 7.16. The first-order valence-corrected chi connectivity index (χ1v) is 5.23. The van der Waals surface area contributed by atoms with Gasteiger partial charge in [-0.05, 0) is 28.7 Å². The van der Waals surface area contributed by atoms with Crippen molar-refractivity contribution in [2.24, 2.45) is 0 Å². The highest BCUT2D eigenvalue weighted by atomic mass is 127. The summed E-state index contributed by atoms with van der Waals surface area (Å²) in [4.78, 5) is 10.9. The topological polar surface area (TPSA) is 68.3 Å². The normalized spacial score (nSPS) is 10.5. The summed E-state index contributed by atoms with van der Waals surface area (Å²) in [6, 6.07) is 3.32. The van der Waals surface area contributed by atoms with Gasteiger partial charge in [0.05, 0.1) is 12.7 Å². The number of halogens is 1. The SMILES string of the molecule is O=C(O)c1cc(I)cn1Cc1ccno1. The number of carboxylic acids is 1. The van der Waals surface area contributed by atoms with E-state index in [1.807, 2.05) is 0 Å². The lowest BCUT2D eigenvalue weighted by atomic mass is 10.4. The second-order valence-corrected chi connectivity index (χ2v) is 4.20. The molecule has 2 aromatic rings. The Balaban J connectivity index is 2.31. The molecule has 1 N–H and O–H groups in total. The molecule has 0 unspecified atom stereocenters. The van der Waals surface area contributed by atoms with Gasteiger partial charge in [-0.1, -0.05) is 5.16 Å². The van der Waals surface area contributed by atoms with Crippen molar-refractivity contribution in [1.82, 2.24) is 9.72 Å². The molecule has 2 aromatic heterocycles. The summed E-state index contributed by atoms with van der Waals surface area (Å²) in [6.45, 7) is 0.380. The van der Waals surface area contributed by atoms with Crippen LogP contribution in [0.25, 0.3) is 0 Å². The Labute approximate surface area is 98.8 Å². The number of hydrogen-bond acceptors (Lipinski definition) is 3. The Morgan fingerprint density at radius 1 is 1.67 bits per heavy atom. The summed E-state index contributed by atoms with van der Waals surface area (Å²) in [6.07, 6.45) is 3.29. The van der Waals surface area contributed by atoms with Crippen LogP contribution >= 0.6 is 22.6 Å². The fourth-order valence-electron chi connectivity index (χ4n) is 1.28. The highest BCUT2D eigenvalue weighted by Crippen LogP contribution is 2.13. The molecule has 0 aromatic carbocycles. The van der Waals surface area contributed by atoms with Crippen LogP contribution < -0.4 is 0 Å². The van der Waals surface area contributed by atoms with Crippen LogP contribution in [0, 0.1) is 3.57 Å². The molecule has 5 nitrogen and oxygen atoms in total. The molecule has 15 heavy (non-hydrogen) atoms. The number of carboxylic acid groups (broad SMARTS) is 1. The quantitative estimate of drug-likeness (QED) is 0.877. The molecule has 0 aliphatic heterocycles. The fourth-order valence-corrected chi connectivity index (χ4v) is 1.91. The van der Waals surface area contributed by atoms with Crippen molar-refractivity contribution in [2.45, 2.75) is 6.54 Å². The van der Waals surface area contributed by atoms with E-state index in [-0.39, 0.29) is 5.69 Å². The Morgan fingerprint density at radius 2 is 2.47 bits per heavy atom. The number of rotatable bonds is 3. The van der Waals surface area contributed by atoms with E-state index in [0.29, 0.717) is 12.3 Å². The van der Waals surface area contributed by atoms with Crippen LogP contribution in [0.5, 0.6) is 0 Å². The minimum atomic E-state index is -0.947. The largest absolute Gasteiger partial charge is 0.477 e. The number of aromatic carboxylic acids is 1. The van der Waals surface area contributed by atoms with Gasteiger partial charge in [0.2, 0.25) is 0 Å². The van der Waals surface area contributed by atoms with E-state index in [1.165, 1.54) is 6.20 Å². The summed E-state index contributed by atoms with van der Waals surface area (Å²) in [5.41, 5.74) is 0.246. The highest BCUT2D eigenvalue weighted by molar-refractivity contribution is 14.1. The number of aromatic nitrogens is 2. The van der Waals surface area contributed by atoms with Crippen LogP contribution in [-0.4, -0.2) is 20.8 Å². The zero-order valence-corrected chi connectivity index (χ0v) is 9.71. The monoisotopic (exact) mass is 318 g/mol. The predicted molar refractivity (Wildman–Crippen MR) is 59.7 cm³/mol. The molecule has 78 valence electrons. The molecule has 2 rings (SSSR count). The van der Waals surface area contributed by atoms with Crippen LogP contribution in [0.1, 0.15) is 16.2 Å². The Hall–Kier alpha value is -1.31. The second-order valence-electron chi connectivity index (χ2n) is 2.96. The molecule has 0 fully saturated rings. The van der Waals surface area contributed by atoms with E-state index in [9.17, 15) is 4.79 Å². The average molecular weight is 318 g/mol. The van der Waals surface area contributed by atoms with Crippen molar-refractivity contribution in [3.8, 4) is 0 Å². The molecule has 0 saturated carbocycles. The predicted octanol–water partition coefficient (Wildman–Crippen LogP) is 1.83. The molecular weight excluding hydrogens is 311 g/mol. The lowest BCUT2D eigenvalue weighted by Crippen LogP contribution is -2.07. The van der Waals surface area contributed by atoms with Gasteiger partial charge in [-0.15, -0.1) is 0 Å². The van der Waals surface area contributed by atoms with E-state index in [2.05, 4.69) is 27.7 Å². The van der Waals surface area contributed by atoms with E-state index in [0.717, 1.165) is 3.57 Å². The van der Waals surface area contributed by atoms with E-state index in [4.69, 9.17) is 9.63 Å². The van der Waals surface area contributed by atoms with Gasteiger partial charge in [0.1, 0.15) is 5.69 Å². The van der Waals surface area contributed by atoms with Gasteiger partial charge >= 0.3 is 5.97 Å². The molecule has 0 saturated heterocycles. The molecular formula is C9H7IN2O3. The molecule has 0 atom stereocenters. The van der Waals surface area contributed by atoms with Crippen molar-refractivity contribution in [1.29, 1.82) is 0 Å². The maximum Gasteiger partial charge on any atom is 0.352 e. The van der Waals surface area contributed by atoms with Crippen LogP contribution in [0.3, 0.4) is 0 Å². The van der Waals surface area contributed by atoms with Crippen LogP contribution in [0.2, 0.25) is 0 Å². The third-order valence-electron chi connectivity index (χ3n) is 1.90. The van der Waals surface area contributed by atoms with Crippen molar-refractivity contribution < 1.29 is 14.4 Å². The van der Waals surface area contributed by atoms with Crippen LogP contribution in [-0.2, 0) is 6.54 Å². The molecule has 6 heteroatoms. The second kappa shape index (κ2) is 4.05. The molecule has 0 aliphatic carbocycles. The first-order valence-electron chi connectivity index (χ1n) is 4.15. The Bertz CT molecular complexity index is 476. The standard InChI is InChI=1S/C9H7IN2O3/c10-6-3-8(9(13)14)12(4-6)5-7-1-2-11-15-7/h1-4H,5H2,(H,13,14). The summed E-state index contributed by atoms with van der Waals surface area (Å²) >= 11 is 2.07. The Kier molecular flexibility index (Phi) is 2.76. The minimum Gasteiger partial charge on any atom is -0.477 e. The first kappa shape index (κ1) is 10.2. The molecule has 0 radical (unpaired) electrons. The van der Waals surface area contributed by atoms with Gasteiger partial charge < -0.3 is 14.2 Å². The number of nitrogens with zero attached hydrogens (tertiary/aromatic N) is 2. The molecule has 0 spiro atoms. The lowest BCUT2D eigenvalue weighted by molar-refractivity contribution is 0.0685. The van der Waals surface area contributed by atoms with Gasteiger partial charge in [0.15, 0.2) is 5.76 Å². The average Bonchev–Trinajstić information content (AvgIpc) is 2.75. The van der Waals surface area contributed by atoms with Crippen molar-refractivity contribution >= 4 is 28.6 Å². The fraction of sp³-hybridized carbons (Fsp3) is 0.111. The lowest BCUT2D eigenvalue weighted by Gasteiger charge is -2.01. The van der Waals surface area contributed by atoms with Gasteiger partial charge in [0.25, 0.3) is 0 Å². The molecule has 0 bridgehead atoms. The summed E-state index contributed by atoms with van der Waals surface area (Å²) < 4.78 is 7.41. The maximum atomic E-state index is 10.9. The maximum absolute atomic E-state index is 10.9. The van der Waals surface area contributed by atoms with E-state index in [1.54, 1.807) is 22.9 Å². The van der Waals surface area contributed by atoms with Crippen molar-refractivity contribution in [3.05, 3.63) is 39.6 Å². The summed E-state index contributed by atoms with van der Waals surface area (Å²) in [5.74, 6) is -0.318. The van der Waals surface area contributed by atoms with Crippen LogP contribution in [0.15, 0.2) is 29.0 Å². The van der Waals surface area contributed by atoms with Crippen molar-refractivity contribution in [2.75, 3.05) is 0 Å². The Morgan fingerprint density at radius 3 is 3.07 bits per heavy atom. The van der Waals surface area contributed by atoms with Crippen LogP contribution in [0.4, 0.5) is 0 Å². The zero-order valence-electron chi connectivity index (χ0n) is 7.55. The zero-order chi connectivity index (χ0) is 10.8. The van der Waals surface area contributed by atoms with E-state index >= 15 is 0 Å². The van der Waals surface area contributed by atoms with Gasteiger partial charge in [-0.25, -0.2) is 4.79 Å².